The Bertz CT molecular complexity index is 856. The number of oxazole rings is 1. The molecule has 5 heteroatoms. The third-order valence-electron chi connectivity index (χ3n) is 3.94. The van der Waals surface area contributed by atoms with Gasteiger partial charge >= 0.3 is 0 Å². The number of benzene rings is 2. The molecule has 165 valence electrons. The molecule has 0 spiro atoms. The normalized spacial score (nSPS) is 8.68. The van der Waals surface area contributed by atoms with Gasteiger partial charge in [-0.3, -0.25) is 0 Å². The van der Waals surface area contributed by atoms with Crippen LogP contribution in [0.25, 0.3) is 17.0 Å². The van der Waals surface area contributed by atoms with E-state index in [4.69, 9.17) is 14.3 Å². The summed E-state index contributed by atoms with van der Waals surface area (Å²) < 4.78 is 5.81. The Labute approximate surface area is 212 Å². The molecule has 4 nitrogen and oxygen atoms in total. The maximum absolute atomic E-state index is 8.24. The summed E-state index contributed by atoms with van der Waals surface area (Å²) in [5.74, 6) is 1.56. The van der Waals surface area contributed by atoms with Gasteiger partial charge in [0, 0.05) is 38.3 Å². The Kier molecular flexibility index (Phi) is 18.6. The van der Waals surface area contributed by atoms with E-state index in [0.717, 1.165) is 46.6 Å². The first kappa shape index (κ1) is 31.0. The van der Waals surface area contributed by atoms with Gasteiger partial charge in [0.2, 0.25) is 5.89 Å². The summed E-state index contributed by atoms with van der Waals surface area (Å²) in [4.78, 5) is 12.9. The summed E-state index contributed by atoms with van der Waals surface area (Å²) >= 11 is 0. The molecule has 0 saturated carbocycles. The van der Waals surface area contributed by atoms with Gasteiger partial charge < -0.3 is 14.3 Å². The number of aryl methyl sites for hydroxylation is 2. The molecule has 0 fully saturated rings. The summed E-state index contributed by atoms with van der Waals surface area (Å²) in [6.45, 7) is 18.6. The van der Waals surface area contributed by atoms with Gasteiger partial charge in [-0.05, 0) is 43.0 Å². The fraction of sp³-hybridized carbons (Fsp3) is 0.269. The van der Waals surface area contributed by atoms with Crippen molar-refractivity contribution in [2.45, 2.75) is 47.5 Å². The minimum Gasteiger partial charge on any atom is -0.665 e. The van der Waals surface area contributed by atoms with Gasteiger partial charge in [0.05, 0.1) is 5.69 Å². The van der Waals surface area contributed by atoms with Gasteiger partial charge in [0.1, 0.15) is 5.76 Å². The minimum absolute atomic E-state index is 0. The third kappa shape index (κ3) is 11.1. The molecule has 2 aromatic carbocycles. The van der Waals surface area contributed by atoms with Crippen molar-refractivity contribution >= 4 is 12.0 Å². The van der Waals surface area contributed by atoms with E-state index >= 15 is 0 Å². The van der Waals surface area contributed by atoms with Crippen LogP contribution < -0.4 is 0 Å². The molecule has 3 rings (SSSR count). The van der Waals surface area contributed by atoms with Crippen LogP contribution in [0, 0.1) is 13.8 Å². The van der Waals surface area contributed by atoms with E-state index in [1.807, 2.05) is 77.1 Å². The van der Waals surface area contributed by atoms with Crippen molar-refractivity contribution in [2.24, 2.45) is 0 Å². The predicted octanol–water partition coefficient (Wildman–Crippen LogP) is 7.14. The Morgan fingerprint density at radius 1 is 1.06 bits per heavy atom. The Hall–Kier alpha value is -2.17. The number of allylic oxidation sites excluding steroid dienone is 1. The van der Waals surface area contributed by atoms with Crippen LogP contribution in [0.5, 0.6) is 0 Å². The molecule has 1 heterocycles. The molecule has 1 N–H and O–H groups in total. The average molecular weight is 496 g/mol. The first-order chi connectivity index (χ1) is 14.5. The number of aliphatic hydroxyl groups excluding tert-OH is 1. The second-order valence-corrected chi connectivity index (χ2v) is 5.78. The van der Waals surface area contributed by atoms with Crippen LogP contribution in [0.15, 0.2) is 65.6 Å². The maximum atomic E-state index is 8.24. The molecular weight excluding hydrogens is 463 g/mol. The summed E-state index contributed by atoms with van der Waals surface area (Å²) in [6, 6.07) is 18.1. The zero-order valence-corrected chi connectivity index (χ0v) is 22.2. The molecule has 0 saturated heterocycles. The monoisotopic (exact) mass is 496 g/mol. The van der Waals surface area contributed by atoms with E-state index in [1.54, 1.807) is 0 Å². The molecule has 1 radical (unpaired) electrons. The van der Waals surface area contributed by atoms with Crippen LogP contribution in [0.3, 0.4) is 0 Å². The number of hydrogen-bond acceptors (Lipinski definition) is 3. The van der Waals surface area contributed by atoms with E-state index in [1.165, 1.54) is 0 Å². The van der Waals surface area contributed by atoms with Crippen molar-refractivity contribution < 1.29 is 47.0 Å². The quantitative estimate of drug-likeness (QED) is 0.382. The molecule has 0 bridgehead atoms. The zero-order chi connectivity index (χ0) is 22.9. The smallest absolute Gasteiger partial charge is 0.226 e. The second kappa shape index (κ2) is 18.6. The molecule has 0 unspecified atom stereocenters. The molecule has 0 aliphatic carbocycles. The van der Waals surface area contributed by atoms with Crippen molar-refractivity contribution in [1.29, 1.82) is 0 Å². The number of rotatable bonds is 5. The molecule has 3 aromatic rings. The van der Waals surface area contributed by atoms with Crippen LogP contribution in [-0.4, -0.2) is 16.6 Å². The van der Waals surface area contributed by atoms with Crippen molar-refractivity contribution in [1.82, 2.24) is 4.98 Å². The fourth-order valence-electron chi connectivity index (χ4n) is 2.52. The third-order valence-corrected chi connectivity index (χ3v) is 3.94. The van der Waals surface area contributed by atoms with Crippen LogP contribution in [-0.2, 0) is 43.9 Å². The van der Waals surface area contributed by atoms with Gasteiger partial charge in [-0.15, -0.1) is 12.1 Å². The molecule has 0 aliphatic rings. The molecule has 0 atom stereocenters. The molecule has 0 amide bonds. The summed E-state index contributed by atoms with van der Waals surface area (Å²) in [5, 5.41) is 6.76. The van der Waals surface area contributed by atoms with E-state index in [-0.39, 0.29) is 32.7 Å². The topological polar surface area (TPSA) is 63.3 Å². The SMILES string of the molecule is C=C(CCc1nc(-c2ccccc2)oc1C)c1ccc([CH2-])cc1.CC.CC.O=[C-]O.[Y]. The Morgan fingerprint density at radius 2 is 1.58 bits per heavy atom. The van der Waals surface area contributed by atoms with Crippen LogP contribution >= 0.6 is 0 Å². The number of hydrogen-bond donors (Lipinski definition) is 1. The molecular formula is C26H33NO3Y-2. The number of aromatic nitrogens is 1. The van der Waals surface area contributed by atoms with Crippen molar-refractivity contribution in [3.05, 3.63) is 90.7 Å². The van der Waals surface area contributed by atoms with Gasteiger partial charge in [0.25, 0.3) is 0 Å². The van der Waals surface area contributed by atoms with E-state index in [9.17, 15) is 0 Å². The van der Waals surface area contributed by atoms with Crippen LogP contribution in [0.4, 0.5) is 0 Å². The van der Waals surface area contributed by atoms with Gasteiger partial charge in [-0.1, -0.05) is 58.9 Å². The van der Waals surface area contributed by atoms with E-state index in [2.05, 4.69) is 30.6 Å². The van der Waals surface area contributed by atoms with Gasteiger partial charge in [0.15, 0.2) is 0 Å². The molecule has 0 aliphatic heterocycles. The summed E-state index contributed by atoms with van der Waals surface area (Å²) in [5.41, 5.74) is 5.28. The summed E-state index contributed by atoms with van der Waals surface area (Å²) in [7, 11) is 0. The fourth-order valence-corrected chi connectivity index (χ4v) is 2.52. The van der Waals surface area contributed by atoms with Crippen molar-refractivity contribution in [2.75, 3.05) is 0 Å². The van der Waals surface area contributed by atoms with Crippen LogP contribution in [0.1, 0.15) is 56.7 Å². The molecule has 1 aromatic heterocycles. The van der Waals surface area contributed by atoms with Crippen molar-refractivity contribution in [3.63, 3.8) is 0 Å². The largest absolute Gasteiger partial charge is 0.665 e. The molecule has 31 heavy (non-hydrogen) atoms. The average Bonchev–Trinajstić information content (AvgIpc) is 3.17. The van der Waals surface area contributed by atoms with Gasteiger partial charge in [-0.25, -0.2) is 4.98 Å². The first-order valence-corrected chi connectivity index (χ1v) is 10.2. The number of nitrogens with zero attached hydrogens (tertiary/aromatic N) is 1. The maximum Gasteiger partial charge on any atom is 0.226 e. The summed E-state index contributed by atoms with van der Waals surface area (Å²) in [6.07, 6.45) is 1.69. The van der Waals surface area contributed by atoms with Crippen molar-refractivity contribution in [3.8, 4) is 11.5 Å². The second-order valence-electron chi connectivity index (χ2n) is 5.78. The standard InChI is InChI=1S/C21H20NO.2C2H6.CHO2.Y/c1-15-9-12-18(13-10-15)16(2)11-14-20-17(3)23-21(22-20)19-7-5-4-6-8-19;2*1-2;2-1-3;/h4-10,12-13H,1-2,11,14H2,3H3;2*1-2H3;(H,2,3);/q-1;;;-1;. The van der Waals surface area contributed by atoms with E-state index in [0.29, 0.717) is 12.4 Å². The first-order valence-electron chi connectivity index (χ1n) is 10.2. The predicted molar refractivity (Wildman–Crippen MR) is 126 cm³/mol. The Balaban J connectivity index is 0. The zero-order valence-electron chi connectivity index (χ0n) is 19.3. The van der Waals surface area contributed by atoms with E-state index < -0.39 is 0 Å². The van der Waals surface area contributed by atoms with Crippen LogP contribution in [0.2, 0.25) is 0 Å². The minimum atomic E-state index is 0. The Morgan fingerprint density at radius 3 is 2.10 bits per heavy atom. The van der Waals surface area contributed by atoms with Gasteiger partial charge in [-0.2, -0.15) is 24.6 Å².